The quantitative estimate of drug-likeness (QED) is 0.848. The summed E-state index contributed by atoms with van der Waals surface area (Å²) in [7, 11) is 0. The number of amides is 1. The van der Waals surface area contributed by atoms with E-state index in [1.54, 1.807) is 18.2 Å². The lowest BCUT2D eigenvalue weighted by atomic mass is 10.0. The van der Waals surface area contributed by atoms with Crippen LogP contribution in [0.3, 0.4) is 0 Å². The van der Waals surface area contributed by atoms with Crippen LogP contribution in [0.15, 0.2) is 18.2 Å². The average Bonchev–Trinajstić information content (AvgIpc) is 3.35. The Hall–Kier alpha value is -2.15. The van der Waals surface area contributed by atoms with Crippen LogP contribution in [0, 0.1) is 5.92 Å². The van der Waals surface area contributed by atoms with Crippen molar-refractivity contribution < 1.29 is 14.7 Å². The van der Waals surface area contributed by atoms with Crippen LogP contribution in [0.4, 0.5) is 5.13 Å². The number of nitrogens with zero attached hydrogens (tertiary/aromatic N) is 3. The summed E-state index contributed by atoms with van der Waals surface area (Å²) in [6.45, 7) is 3.03. The van der Waals surface area contributed by atoms with Crippen molar-refractivity contribution in [3.05, 3.63) is 23.8 Å². The molecule has 1 amide bonds. The number of fused-ring (bicyclic) bond motifs is 1. The van der Waals surface area contributed by atoms with E-state index in [1.807, 2.05) is 4.90 Å². The summed E-state index contributed by atoms with van der Waals surface area (Å²) in [6.07, 6.45) is 6.97. The molecule has 0 spiro atoms. The summed E-state index contributed by atoms with van der Waals surface area (Å²) in [5, 5.41) is 10.0. The maximum absolute atomic E-state index is 12.5. The highest BCUT2D eigenvalue weighted by molar-refractivity contribution is 7.22. The minimum absolute atomic E-state index is 0.287. The topological polar surface area (TPSA) is 73.7 Å². The molecule has 0 atom stereocenters. The van der Waals surface area contributed by atoms with Gasteiger partial charge in [-0.25, -0.2) is 9.78 Å². The number of aromatic nitrogens is 1. The molecule has 1 aromatic carbocycles. The van der Waals surface area contributed by atoms with Crippen LogP contribution >= 0.6 is 11.3 Å². The number of hydrogen-bond acceptors (Lipinski definition) is 5. The first kappa shape index (κ1) is 18.2. The summed E-state index contributed by atoms with van der Waals surface area (Å²) in [6, 6.07) is 5.04. The second-order valence-electron chi connectivity index (χ2n) is 7.54. The van der Waals surface area contributed by atoms with Gasteiger partial charge in [-0.1, -0.05) is 37.0 Å². The van der Waals surface area contributed by atoms with E-state index < -0.39 is 5.97 Å². The molecular formula is C20H25N3O3S. The first-order valence-electron chi connectivity index (χ1n) is 9.77. The molecular weight excluding hydrogens is 362 g/mol. The molecule has 1 aliphatic carbocycles. The number of benzene rings is 1. The van der Waals surface area contributed by atoms with Gasteiger partial charge in [0.25, 0.3) is 0 Å². The number of carbonyl (C=O) groups is 2. The molecule has 0 unspecified atom stereocenters. The largest absolute Gasteiger partial charge is 0.478 e. The molecule has 2 aromatic rings. The fourth-order valence-corrected chi connectivity index (χ4v) is 5.17. The summed E-state index contributed by atoms with van der Waals surface area (Å²) in [4.78, 5) is 32.4. The monoisotopic (exact) mass is 387 g/mol. The maximum Gasteiger partial charge on any atom is 0.335 e. The zero-order valence-electron chi connectivity index (χ0n) is 15.4. The summed E-state index contributed by atoms with van der Waals surface area (Å²) in [5.74, 6) is 0.127. The molecule has 0 bridgehead atoms. The lowest BCUT2D eigenvalue weighted by Gasteiger charge is -2.34. The third-order valence-corrected chi connectivity index (χ3v) is 6.85. The molecule has 6 nitrogen and oxygen atoms in total. The normalized spacial score (nSPS) is 18.4. The Bertz CT molecular complexity index is 836. The van der Waals surface area contributed by atoms with Crippen molar-refractivity contribution >= 4 is 38.6 Å². The van der Waals surface area contributed by atoms with E-state index >= 15 is 0 Å². The molecule has 144 valence electrons. The van der Waals surface area contributed by atoms with Gasteiger partial charge in [-0.05, 0) is 30.5 Å². The Labute approximate surface area is 162 Å². The van der Waals surface area contributed by atoms with E-state index in [1.165, 1.54) is 37.0 Å². The fraction of sp³-hybridized carbons (Fsp3) is 0.550. The highest BCUT2D eigenvalue weighted by atomic mass is 32.1. The molecule has 4 rings (SSSR count). The van der Waals surface area contributed by atoms with Gasteiger partial charge in [-0.2, -0.15) is 0 Å². The number of hydrogen-bond donors (Lipinski definition) is 1. The first-order chi connectivity index (χ1) is 13.1. The van der Waals surface area contributed by atoms with Gasteiger partial charge in [-0.3, -0.25) is 4.79 Å². The Morgan fingerprint density at radius 2 is 1.89 bits per heavy atom. The van der Waals surface area contributed by atoms with Crippen molar-refractivity contribution in [2.75, 3.05) is 31.1 Å². The van der Waals surface area contributed by atoms with E-state index in [0.717, 1.165) is 53.9 Å². The molecule has 1 aromatic heterocycles. The van der Waals surface area contributed by atoms with Crippen molar-refractivity contribution in [3.63, 3.8) is 0 Å². The molecule has 27 heavy (non-hydrogen) atoms. The molecule has 7 heteroatoms. The van der Waals surface area contributed by atoms with Crippen molar-refractivity contribution in [2.45, 2.75) is 38.5 Å². The number of carboxylic acids is 1. The summed E-state index contributed by atoms with van der Waals surface area (Å²) >= 11 is 1.52. The van der Waals surface area contributed by atoms with Crippen LogP contribution in [-0.4, -0.2) is 53.0 Å². The van der Waals surface area contributed by atoms with Crippen LogP contribution in [0.1, 0.15) is 48.9 Å². The number of aromatic carboxylic acids is 1. The highest BCUT2D eigenvalue weighted by Crippen LogP contribution is 2.31. The number of piperazine rings is 1. The van der Waals surface area contributed by atoms with Crippen LogP contribution in [0.25, 0.3) is 10.2 Å². The molecule has 1 aliphatic heterocycles. The Morgan fingerprint density at radius 3 is 2.59 bits per heavy atom. The number of carboxylic acid groups (broad SMARTS) is 1. The van der Waals surface area contributed by atoms with E-state index in [-0.39, 0.29) is 11.5 Å². The SMILES string of the molecule is O=C(O)c1ccc2nc(N3CCN(C(=O)CCC4CCCC4)CC3)sc2c1. The Morgan fingerprint density at radius 1 is 1.15 bits per heavy atom. The lowest BCUT2D eigenvalue weighted by Crippen LogP contribution is -2.48. The second kappa shape index (κ2) is 7.84. The standard InChI is InChI=1S/C20H25N3O3S/c24-18(8-5-14-3-1-2-4-14)22-9-11-23(12-10-22)20-21-16-7-6-15(19(25)26)13-17(16)27-20/h6-7,13-14H,1-5,8-12H2,(H,25,26). The van der Waals surface area contributed by atoms with Gasteiger partial charge in [0.05, 0.1) is 15.8 Å². The minimum Gasteiger partial charge on any atom is -0.478 e. The third-order valence-electron chi connectivity index (χ3n) is 5.77. The third kappa shape index (κ3) is 4.08. The van der Waals surface area contributed by atoms with Gasteiger partial charge in [0.1, 0.15) is 0 Å². The van der Waals surface area contributed by atoms with Gasteiger partial charge in [0, 0.05) is 32.6 Å². The predicted octanol–water partition coefficient (Wildman–Crippen LogP) is 3.61. The Kier molecular flexibility index (Phi) is 5.29. The van der Waals surface area contributed by atoms with Crippen LogP contribution in [0.5, 0.6) is 0 Å². The van der Waals surface area contributed by atoms with Crippen molar-refractivity contribution in [3.8, 4) is 0 Å². The van der Waals surface area contributed by atoms with E-state index in [9.17, 15) is 9.59 Å². The van der Waals surface area contributed by atoms with Gasteiger partial charge in [0.2, 0.25) is 5.91 Å². The number of thiazole rings is 1. The Balaban J connectivity index is 1.33. The van der Waals surface area contributed by atoms with Crippen molar-refractivity contribution in [1.29, 1.82) is 0 Å². The van der Waals surface area contributed by atoms with Crippen LogP contribution in [0.2, 0.25) is 0 Å². The van der Waals surface area contributed by atoms with Crippen LogP contribution < -0.4 is 4.90 Å². The van der Waals surface area contributed by atoms with Crippen LogP contribution in [-0.2, 0) is 4.79 Å². The maximum atomic E-state index is 12.5. The zero-order chi connectivity index (χ0) is 18.8. The van der Waals surface area contributed by atoms with E-state index in [2.05, 4.69) is 9.88 Å². The molecule has 1 saturated carbocycles. The van der Waals surface area contributed by atoms with Gasteiger partial charge >= 0.3 is 5.97 Å². The number of anilines is 1. The average molecular weight is 388 g/mol. The predicted molar refractivity (Wildman–Crippen MR) is 107 cm³/mol. The second-order valence-corrected chi connectivity index (χ2v) is 8.55. The highest BCUT2D eigenvalue weighted by Gasteiger charge is 2.24. The molecule has 0 radical (unpaired) electrons. The number of rotatable bonds is 5. The minimum atomic E-state index is -0.920. The van der Waals surface area contributed by atoms with E-state index in [4.69, 9.17) is 5.11 Å². The summed E-state index contributed by atoms with van der Waals surface area (Å²) in [5.41, 5.74) is 1.12. The summed E-state index contributed by atoms with van der Waals surface area (Å²) < 4.78 is 0.889. The fourth-order valence-electron chi connectivity index (χ4n) is 4.11. The molecule has 1 N–H and O–H groups in total. The van der Waals surface area contributed by atoms with E-state index in [0.29, 0.717) is 6.42 Å². The molecule has 1 saturated heterocycles. The zero-order valence-corrected chi connectivity index (χ0v) is 16.2. The molecule has 2 fully saturated rings. The molecule has 2 heterocycles. The van der Waals surface area contributed by atoms with Crippen molar-refractivity contribution in [1.82, 2.24) is 9.88 Å². The van der Waals surface area contributed by atoms with Gasteiger partial charge < -0.3 is 14.9 Å². The lowest BCUT2D eigenvalue weighted by molar-refractivity contribution is -0.131. The van der Waals surface area contributed by atoms with Gasteiger partial charge in [0.15, 0.2) is 5.13 Å². The number of carbonyl (C=O) groups excluding carboxylic acids is 1. The van der Waals surface area contributed by atoms with Gasteiger partial charge in [-0.15, -0.1) is 0 Å². The smallest absolute Gasteiger partial charge is 0.335 e. The first-order valence-corrected chi connectivity index (χ1v) is 10.6. The molecule has 2 aliphatic rings. The van der Waals surface area contributed by atoms with Crippen molar-refractivity contribution in [2.24, 2.45) is 5.92 Å².